The van der Waals surface area contributed by atoms with Crippen LogP contribution in [0.3, 0.4) is 0 Å². The zero-order valence-corrected chi connectivity index (χ0v) is 11.8. The Kier molecular flexibility index (Phi) is 2.87. The van der Waals surface area contributed by atoms with Crippen molar-refractivity contribution in [2.45, 2.75) is 47.5 Å². The first-order valence-corrected chi connectivity index (χ1v) is 6.89. The van der Waals surface area contributed by atoms with E-state index in [1.54, 1.807) is 0 Å². The maximum atomic E-state index is 12.6. The van der Waals surface area contributed by atoms with Crippen LogP contribution < -0.4 is 0 Å². The molecule has 2 fully saturated rings. The van der Waals surface area contributed by atoms with E-state index in [9.17, 15) is 4.79 Å². The lowest BCUT2D eigenvalue weighted by atomic mass is 9.70. The predicted molar refractivity (Wildman–Crippen MR) is 70.6 cm³/mol. The molecule has 2 bridgehead atoms. The Hall–Kier alpha value is -0.790. The highest BCUT2D eigenvalue weighted by Crippen LogP contribution is 2.65. The van der Waals surface area contributed by atoms with Crippen molar-refractivity contribution in [3.8, 4) is 0 Å². The van der Waals surface area contributed by atoms with Crippen molar-refractivity contribution in [3.63, 3.8) is 0 Å². The van der Waals surface area contributed by atoms with E-state index >= 15 is 0 Å². The molecular weight excluding hydrogens is 210 g/mol. The number of hydrogen-bond acceptors (Lipinski definition) is 2. The maximum absolute atomic E-state index is 12.6. The fourth-order valence-electron chi connectivity index (χ4n) is 3.68. The number of carbonyl (C=O) groups is 1. The lowest BCUT2D eigenvalue weighted by Crippen LogP contribution is -2.32. The highest BCUT2D eigenvalue weighted by atomic mass is 16.1. The summed E-state index contributed by atoms with van der Waals surface area (Å²) in [4.78, 5) is 14.8. The standard InChI is InChI=1S/C15H25NO/c1-6-16(7-2)10-11-12-8-9-15(5,13(11)17)14(12,3)4/h10,12H,6-9H2,1-5H3/b11-10+/t12-,15-/m0/s1. The number of Topliss-reactive ketones (excluding diaryl/α,β-unsaturated/α-hetero) is 1. The smallest absolute Gasteiger partial charge is 0.167 e. The molecule has 96 valence electrons. The summed E-state index contributed by atoms with van der Waals surface area (Å²) >= 11 is 0. The van der Waals surface area contributed by atoms with Gasteiger partial charge in [-0.2, -0.15) is 0 Å². The van der Waals surface area contributed by atoms with Crippen LogP contribution in [-0.4, -0.2) is 23.8 Å². The first kappa shape index (κ1) is 12.7. The van der Waals surface area contributed by atoms with Gasteiger partial charge in [-0.3, -0.25) is 4.79 Å². The molecule has 0 aromatic carbocycles. The summed E-state index contributed by atoms with van der Waals surface area (Å²) in [6.45, 7) is 13.0. The Bertz CT molecular complexity index is 365. The second kappa shape index (κ2) is 3.86. The molecule has 17 heavy (non-hydrogen) atoms. The van der Waals surface area contributed by atoms with Crippen LogP contribution in [0.15, 0.2) is 11.8 Å². The van der Waals surface area contributed by atoms with E-state index in [0.717, 1.165) is 25.1 Å². The Morgan fingerprint density at radius 3 is 2.29 bits per heavy atom. The van der Waals surface area contributed by atoms with E-state index in [1.165, 1.54) is 6.42 Å². The van der Waals surface area contributed by atoms with Crippen LogP contribution in [-0.2, 0) is 4.79 Å². The van der Waals surface area contributed by atoms with E-state index in [2.05, 4.69) is 45.7 Å². The van der Waals surface area contributed by atoms with E-state index in [0.29, 0.717) is 11.7 Å². The van der Waals surface area contributed by atoms with Gasteiger partial charge in [-0.05, 0) is 38.0 Å². The Morgan fingerprint density at radius 1 is 1.29 bits per heavy atom. The largest absolute Gasteiger partial charge is 0.378 e. The molecule has 0 amide bonds. The molecule has 0 saturated heterocycles. The third-order valence-corrected chi connectivity index (χ3v) is 5.50. The zero-order valence-electron chi connectivity index (χ0n) is 11.8. The quantitative estimate of drug-likeness (QED) is 0.700. The molecule has 0 unspecified atom stereocenters. The van der Waals surface area contributed by atoms with Gasteiger partial charge < -0.3 is 4.90 Å². The summed E-state index contributed by atoms with van der Waals surface area (Å²) < 4.78 is 0. The molecule has 0 aliphatic heterocycles. The second-order valence-corrected chi connectivity index (χ2v) is 6.28. The van der Waals surface area contributed by atoms with Gasteiger partial charge in [0.1, 0.15) is 0 Å². The van der Waals surface area contributed by atoms with Crippen LogP contribution in [0.2, 0.25) is 0 Å². The third kappa shape index (κ3) is 1.49. The van der Waals surface area contributed by atoms with Gasteiger partial charge in [0.05, 0.1) is 0 Å². The minimum absolute atomic E-state index is 0.114. The molecule has 0 spiro atoms. The summed E-state index contributed by atoms with van der Waals surface area (Å²) in [5.41, 5.74) is 1.12. The molecule has 2 atom stereocenters. The number of nitrogens with zero attached hydrogens (tertiary/aromatic N) is 1. The predicted octanol–water partition coefficient (Wildman–Crippen LogP) is 3.24. The molecule has 0 heterocycles. The van der Waals surface area contributed by atoms with Gasteiger partial charge in [-0.1, -0.05) is 20.8 Å². The molecule has 2 saturated carbocycles. The Morgan fingerprint density at radius 2 is 1.88 bits per heavy atom. The van der Waals surface area contributed by atoms with Crippen molar-refractivity contribution in [2.24, 2.45) is 16.7 Å². The number of rotatable bonds is 3. The van der Waals surface area contributed by atoms with E-state index in [4.69, 9.17) is 0 Å². The summed E-state index contributed by atoms with van der Waals surface area (Å²) in [5, 5.41) is 0. The van der Waals surface area contributed by atoms with Gasteiger partial charge in [0, 0.05) is 30.3 Å². The van der Waals surface area contributed by atoms with Gasteiger partial charge in [-0.15, -0.1) is 0 Å². The van der Waals surface area contributed by atoms with Crippen molar-refractivity contribution in [3.05, 3.63) is 11.8 Å². The first-order valence-electron chi connectivity index (χ1n) is 6.89. The average molecular weight is 235 g/mol. The Labute approximate surface area is 105 Å². The number of ketones is 1. The minimum atomic E-state index is -0.114. The van der Waals surface area contributed by atoms with Gasteiger partial charge in [0.2, 0.25) is 0 Å². The van der Waals surface area contributed by atoms with Crippen LogP contribution in [0.4, 0.5) is 0 Å². The highest BCUT2D eigenvalue weighted by Gasteiger charge is 2.64. The average Bonchev–Trinajstić information content (AvgIpc) is 2.59. The lowest BCUT2D eigenvalue weighted by molar-refractivity contribution is -0.125. The summed E-state index contributed by atoms with van der Waals surface area (Å²) in [6, 6.07) is 0. The normalized spacial score (nSPS) is 36.9. The fourth-order valence-corrected chi connectivity index (χ4v) is 3.68. The van der Waals surface area contributed by atoms with Crippen LogP contribution in [0.5, 0.6) is 0 Å². The number of hydrogen-bond donors (Lipinski definition) is 0. The van der Waals surface area contributed by atoms with Gasteiger partial charge in [-0.25, -0.2) is 0 Å². The summed E-state index contributed by atoms with van der Waals surface area (Å²) in [7, 11) is 0. The van der Waals surface area contributed by atoms with Crippen LogP contribution >= 0.6 is 0 Å². The van der Waals surface area contributed by atoms with Crippen molar-refractivity contribution < 1.29 is 4.79 Å². The SMILES string of the molecule is CCN(/C=C1/C(=O)[C@]2(C)CC[C@@H]1C2(C)C)CC. The van der Waals surface area contributed by atoms with Crippen molar-refractivity contribution in [1.29, 1.82) is 0 Å². The lowest BCUT2D eigenvalue weighted by Gasteiger charge is -2.31. The molecule has 2 rings (SSSR count). The summed E-state index contributed by atoms with van der Waals surface area (Å²) in [5.74, 6) is 0.881. The molecule has 2 heteroatoms. The van der Waals surface area contributed by atoms with Crippen LogP contribution in [0.25, 0.3) is 0 Å². The number of carbonyl (C=O) groups excluding carboxylic acids is 1. The second-order valence-electron chi connectivity index (χ2n) is 6.28. The molecule has 2 aliphatic rings. The fraction of sp³-hybridized carbons (Fsp3) is 0.800. The van der Waals surface area contributed by atoms with E-state index < -0.39 is 0 Å². The third-order valence-electron chi connectivity index (χ3n) is 5.50. The van der Waals surface area contributed by atoms with Gasteiger partial charge in [0.15, 0.2) is 5.78 Å². The van der Waals surface area contributed by atoms with Gasteiger partial charge in [0.25, 0.3) is 0 Å². The Balaban J connectivity index is 2.38. The topological polar surface area (TPSA) is 20.3 Å². The molecule has 2 aliphatic carbocycles. The zero-order chi connectivity index (χ0) is 12.8. The molecule has 0 aromatic heterocycles. The molecular formula is C15H25NO. The molecule has 0 radical (unpaired) electrons. The molecule has 0 aromatic rings. The van der Waals surface area contributed by atoms with Crippen molar-refractivity contribution >= 4 is 5.78 Å². The minimum Gasteiger partial charge on any atom is -0.378 e. The van der Waals surface area contributed by atoms with Crippen molar-refractivity contribution in [1.82, 2.24) is 4.90 Å². The van der Waals surface area contributed by atoms with Crippen LogP contribution in [0, 0.1) is 16.7 Å². The summed E-state index contributed by atoms with van der Waals surface area (Å²) in [6.07, 6.45) is 4.39. The van der Waals surface area contributed by atoms with Crippen LogP contribution in [0.1, 0.15) is 47.5 Å². The highest BCUT2D eigenvalue weighted by molar-refractivity contribution is 6.04. The molecule has 0 N–H and O–H groups in total. The van der Waals surface area contributed by atoms with E-state index in [-0.39, 0.29) is 10.8 Å². The monoisotopic (exact) mass is 235 g/mol. The maximum Gasteiger partial charge on any atom is 0.167 e. The number of fused-ring (bicyclic) bond motifs is 2. The number of allylic oxidation sites excluding steroid dienone is 1. The van der Waals surface area contributed by atoms with Gasteiger partial charge >= 0.3 is 0 Å². The van der Waals surface area contributed by atoms with Crippen molar-refractivity contribution in [2.75, 3.05) is 13.1 Å². The van der Waals surface area contributed by atoms with E-state index in [1.807, 2.05) is 0 Å². The first-order chi connectivity index (χ1) is 7.88. The molecule has 2 nitrogen and oxygen atoms in total.